The Labute approximate surface area is 225 Å². The lowest BCUT2D eigenvalue weighted by Gasteiger charge is -2.18. The van der Waals surface area contributed by atoms with E-state index in [-0.39, 0.29) is 18.8 Å². The van der Waals surface area contributed by atoms with Gasteiger partial charge in [0.1, 0.15) is 5.75 Å². The Morgan fingerprint density at radius 3 is 2.45 bits per heavy atom. The highest BCUT2D eigenvalue weighted by Crippen LogP contribution is 2.29. The molecule has 38 heavy (non-hydrogen) atoms. The van der Waals surface area contributed by atoms with Gasteiger partial charge >= 0.3 is 0 Å². The number of hydrogen-bond acceptors (Lipinski definition) is 5. The summed E-state index contributed by atoms with van der Waals surface area (Å²) in [5, 5.41) is 13.6. The molecule has 1 atom stereocenters. The van der Waals surface area contributed by atoms with Crippen LogP contribution in [-0.2, 0) is 16.3 Å². The van der Waals surface area contributed by atoms with Crippen molar-refractivity contribution in [3.63, 3.8) is 0 Å². The maximum absolute atomic E-state index is 13.4. The highest BCUT2D eigenvalue weighted by molar-refractivity contribution is 7.92. The smallest absolute Gasteiger partial charge is 0.255 e. The fourth-order valence-corrected chi connectivity index (χ4v) is 5.38. The summed E-state index contributed by atoms with van der Waals surface area (Å²) in [5.41, 5.74) is 3.89. The summed E-state index contributed by atoms with van der Waals surface area (Å²) in [6.07, 6.45) is 3.15. The quantitative estimate of drug-likeness (QED) is 0.238. The minimum absolute atomic E-state index is 0. The Balaban J connectivity index is 0.00000420. The second-order valence-electron chi connectivity index (χ2n) is 9.59. The van der Waals surface area contributed by atoms with E-state index in [0.717, 1.165) is 34.0 Å². The van der Waals surface area contributed by atoms with Gasteiger partial charge in [0.2, 0.25) is 0 Å². The minimum atomic E-state index is -3.38. The molecule has 8 heteroatoms. The molecule has 0 aliphatic heterocycles. The molecule has 0 saturated heterocycles. The van der Waals surface area contributed by atoms with Crippen molar-refractivity contribution in [3.8, 4) is 16.9 Å². The molecule has 1 aromatic heterocycles. The maximum atomic E-state index is 13.4. The molecule has 0 aliphatic carbocycles. The third-order valence-corrected chi connectivity index (χ3v) is 8.69. The van der Waals surface area contributed by atoms with E-state index >= 15 is 0 Å². The summed E-state index contributed by atoms with van der Waals surface area (Å²) >= 11 is 0. The summed E-state index contributed by atoms with van der Waals surface area (Å²) in [6, 6.07) is 19.4. The van der Waals surface area contributed by atoms with E-state index in [1.807, 2.05) is 43.5 Å². The van der Waals surface area contributed by atoms with Crippen molar-refractivity contribution in [3.05, 3.63) is 84.1 Å². The van der Waals surface area contributed by atoms with Gasteiger partial charge in [-0.15, -0.1) is 0 Å². The Morgan fingerprint density at radius 1 is 1.05 bits per heavy atom. The van der Waals surface area contributed by atoms with Gasteiger partial charge in [-0.05, 0) is 73.7 Å². The van der Waals surface area contributed by atoms with Gasteiger partial charge in [-0.3, -0.25) is 4.79 Å². The minimum Gasteiger partial charge on any atom is -0.493 e. The lowest BCUT2D eigenvalue weighted by Crippen LogP contribution is -2.39. The van der Waals surface area contributed by atoms with Crippen LogP contribution < -0.4 is 10.1 Å². The number of ether oxygens (including phenoxy) is 1. The third-order valence-electron chi connectivity index (χ3n) is 6.52. The largest absolute Gasteiger partial charge is 0.493 e. The zero-order valence-electron chi connectivity index (χ0n) is 21.9. The van der Waals surface area contributed by atoms with E-state index in [2.05, 4.69) is 10.3 Å². The summed E-state index contributed by atoms with van der Waals surface area (Å²) in [5.74, 6) is 0.103. The van der Waals surface area contributed by atoms with Crippen LogP contribution >= 0.6 is 0 Å². The Hall–Kier alpha value is -3.62. The van der Waals surface area contributed by atoms with Crippen molar-refractivity contribution < 1.29 is 24.5 Å². The van der Waals surface area contributed by atoms with Gasteiger partial charge in [-0.2, -0.15) is 0 Å². The van der Waals surface area contributed by atoms with Crippen LogP contribution in [0.15, 0.2) is 77.8 Å². The number of amides is 1. The molecule has 1 heterocycles. The van der Waals surface area contributed by atoms with Gasteiger partial charge in [0, 0.05) is 18.5 Å². The molecule has 1 amide bonds. The summed E-state index contributed by atoms with van der Waals surface area (Å²) in [7, 11) is -3.38. The first kappa shape index (κ1) is 27.4. The third kappa shape index (κ3) is 5.92. The normalized spacial score (nSPS) is 12.6. The van der Waals surface area contributed by atoms with Crippen LogP contribution in [0.1, 0.15) is 44.5 Å². The highest BCUT2D eigenvalue weighted by atomic mass is 32.2. The van der Waals surface area contributed by atoms with Crippen LogP contribution in [0.3, 0.4) is 0 Å². The second-order valence-corrected chi connectivity index (χ2v) is 12.1. The molecular formula is C30H36N2O5S. The fraction of sp³-hybridized carbons (Fsp3) is 0.300. The molecule has 202 valence electrons. The number of aromatic nitrogens is 1. The highest BCUT2D eigenvalue weighted by Gasteiger charge is 2.21. The van der Waals surface area contributed by atoms with Crippen LogP contribution in [0, 0.1) is 0 Å². The zero-order valence-corrected chi connectivity index (χ0v) is 22.7. The second kappa shape index (κ2) is 11.8. The topological polar surface area (TPSA) is 108 Å². The fourth-order valence-electron chi connectivity index (χ4n) is 4.32. The number of carbonyl (C=O) groups excluding carboxylic acids is 1. The number of sulfone groups is 1. The van der Waals surface area contributed by atoms with Crippen LogP contribution in [0.2, 0.25) is 0 Å². The molecule has 0 aliphatic rings. The number of carbonyl (C=O) groups is 1. The number of H-pyrrole nitrogens is 1. The van der Waals surface area contributed by atoms with Crippen molar-refractivity contribution in [2.45, 2.75) is 49.8 Å². The Kier molecular flexibility index (Phi) is 8.54. The van der Waals surface area contributed by atoms with Crippen molar-refractivity contribution in [1.82, 2.24) is 10.3 Å². The number of fused-ring (bicyclic) bond motifs is 1. The Morgan fingerprint density at radius 2 is 1.76 bits per heavy atom. The van der Waals surface area contributed by atoms with Crippen LogP contribution in [-0.4, -0.2) is 48.9 Å². The van der Waals surface area contributed by atoms with Crippen molar-refractivity contribution in [1.29, 1.82) is 0 Å². The van der Waals surface area contributed by atoms with Gasteiger partial charge < -0.3 is 20.1 Å². The first-order chi connectivity index (χ1) is 18.2. The van der Waals surface area contributed by atoms with E-state index in [1.54, 1.807) is 50.2 Å². The van der Waals surface area contributed by atoms with Crippen molar-refractivity contribution in [2.24, 2.45) is 0 Å². The molecule has 0 unspecified atom stereocenters. The number of benzene rings is 3. The average Bonchev–Trinajstić information content (AvgIpc) is 3.34. The average molecular weight is 537 g/mol. The number of rotatable bonds is 11. The summed E-state index contributed by atoms with van der Waals surface area (Å²) in [4.78, 5) is 16.9. The van der Waals surface area contributed by atoms with Crippen LogP contribution in [0.4, 0.5) is 0 Å². The van der Waals surface area contributed by atoms with E-state index in [4.69, 9.17) is 4.74 Å². The van der Waals surface area contributed by atoms with Crippen LogP contribution in [0.5, 0.6) is 5.75 Å². The first-order valence-electron chi connectivity index (χ1n) is 12.8. The lowest BCUT2D eigenvalue weighted by atomic mass is 10.0. The molecule has 4 rings (SSSR count). The monoisotopic (exact) mass is 536 g/mol. The summed E-state index contributed by atoms with van der Waals surface area (Å²) in [6.45, 7) is 5.54. The molecule has 0 radical (unpaired) electrons. The summed E-state index contributed by atoms with van der Waals surface area (Å²) < 4.78 is 30.8. The number of hydrogen-bond donors (Lipinski definition) is 3. The molecule has 7 nitrogen and oxygen atoms in total. The molecule has 4 aromatic rings. The van der Waals surface area contributed by atoms with Crippen molar-refractivity contribution >= 4 is 26.6 Å². The lowest BCUT2D eigenvalue weighted by molar-refractivity contribution is 0.0912. The van der Waals surface area contributed by atoms with Crippen molar-refractivity contribution in [2.75, 3.05) is 13.2 Å². The van der Waals surface area contributed by atoms with Gasteiger partial charge in [0.15, 0.2) is 9.84 Å². The standard InChI is InChI=1S/C30H34N2O5S.H2/c1-4-15-37-29-14-11-22(21-9-12-25(13-10-21)38(35,36)20(2)3)17-27(29)30(34)32-24(19-33)16-23-18-31-28-8-6-5-7-26(23)28;/h5-14,17-18,20,24,31,33H,4,15-16,19H2,1-3H3,(H,32,34);1H/t24-;/m1./s1. The van der Waals surface area contributed by atoms with Gasteiger partial charge in [-0.1, -0.05) is 43.3 Å². The van der Waals surface area contributed by atoms with E-state index < -0.39 is 21.1 Å². The number of aliphatic hydroxyl groups is 1. The first-order valence-corrected chi connectivity index (χ1v) is 14.4. The maximum Gasteiger partial charge on any atom is 0.255 e. The number of para-hydroxylation sites is 1. The number of aromatic amines is 1. The van der Waals surface area contributed by atoms with Crippen LogP contribution in [0.25, 0.3) is 22.0 Å². The van der Waals surface area contributed by atoms with E-state index in [9.17, 15) is 18.3 Å². The molecule has 3 N–H and O–H groups in total. The number of aliphatic hydroxyl groups excluding tert-OH is 1. The predicted molar refractivity (Wildman–Crippen MR) is 152 cm³/mol. The van der Waals surface area contributed by atoms with Gasteiger partial charge in [0.05, 0.1) is 35.0 Å². The SMILES string of the molecule is CCCOc1ccc(-c2ccc(S(=O)(=O)C(C)C)cc2)cc1C(=O)N[C@@H](CO)Cc1c[nH]c2ccccc12.[HH]. The van der Waals surface area contributed by atoms with Gasteiger partial charge in [0.25, 0.3) is 5.91 Å². The zero-order chi connectivity index (χ0) is 27.3. The van der Waals surface area contributed by atoms with E-state index in [0.29, 0.717) is 24.3 Å². The van der Waals surface area contributed by atoms with E-state index in [1.165, 1.54) is 0 Å². The molecule has 0 saturated carbocycles. The molecule has 0 spiro atoms. The predicted octanol–water partition coefficient (Wildman–Crippen LogP) is 5.39. The number of nitrogens with one attached hydrogen (secondary N) is 2. The molecule has 3 aromatic carbocycles. The molecule has 0 fully saturated rings. The molecular weight excluding hydrogens is 500 g/mol. The molecule has 0 bridgehead atoms. The Bertz CT molecular complexity index is 1510. The van der Waals surface area contributed by atoms with Gasteiger partial charge in [-0.25, -0.2) is 8.42 Å².